The lowest BCUT2D eigenvalue weighted by atomic mass is 9.92. The first-order chi connectivity index (χ1) is 9.81. The van der Waals surface area contributed by atoms with E-state index in [0.717, 1.165) is 18.2 Å². The molecule has 106 valence electrons. The van der Waals surface area contributed by atoms with E-state index in [1.165, 1.54) is 43.5 Å². The second-order valence-corrected chi connectivity index (χ2v) is 5.86. The zero-order valence-electron chi connectivity index (χ0n) is 12.2. The van der Waals surface area contributed by atoms with Crippen molar-refractivity contribution in [1.82, 2.24) is 14.9 Å². The molecule has 1 aliphatic heterocycles. The fourth-order valence-corrected chi connectivity index (χ4v) is 2.97. The summed E-state index contributed by atoms with van der Waals surface area (Å²) in [6, 6.07) is 9.07. The second-order valence-electron chi connectivity index (χ2n) is 5.86. The van der Waals surface area contributed by atoms with E-state index < -0.39 is 0 Å². The van der Waals surface area contributed by atoms with E-state index in [2.05, 4.69) is 39.1 Å². The number of aromatic nitrogens is 2. The lowest BCUT2D eigenvalue weighted by Crippen LogP contribution is -2.30. The third kappa shape index (κ3) is 3.28. The third-order valence-corrected chi connectivity index (χ3v) is 4.23. The highest BCUT2D eigenvalue weighted by molar-refractivity contribution is 5.25. The summed E-state index contributed by atoms with van der Waals surface area (Å²) < 4.78 is 2.08. The molecule has 0 spiro atoms. The molecule has 1 aromatic heterocycles. The molecule has 0 saturated carbocycles. The first-order valence-corrected chi connectivity index (χ1v) is 7.56. The van der Waals surface area contributed by atoms with Crippen LogP contribution < -0.4 is 5.32 Å². The van der Waals surface area contributed by atoms with Gasteiger partial charge in [0.15, 0.2) is 0 Å². The number of nitrogens with one attached hydrogen (secondary N) is 1. The monoisotopic (exact) mass is 269 g/mol. The van der Waals surface area contributed by atoms with Crippen molar-refractivity contribution in [3.05, 3.63) is 53.6 Å². The smallest absolute Gasteiger partial charge is 0.112 e. The molecular formula is C17H23N3. The molecule has 1 atom stereocenters. The summed E-state index contributed by atoms with van der Waals surface area (Å²) in [6.45, 7) is 2.37. The Kier molecular flexibility index (Phi) is 4.16. The van der Waals surface area contributed by atoms with Crippen LogP contribution in [-0.4, -0.2) is 22.6 Å². The van der Waals surface area contributed by atoms with Crippen molar-refractivity contribution in [2.45, 2.75) is 25.7 Å². The number of hydrogen-bond acceptors (Lipinski definition) is 2. The third-order valence-electron chi connectivity index (χ3n) is 4.23. The van der Waals surface area contributed by atoms with Gasteiger partial charge in [-0.2, -0.15) is 0 Å². The highest BCUT2D eigenvalue weighted by Gasteiger charge is 2.13. The van der Waals surface area contributed by atoms with Crippen LogP contribution in [0.2, 0.25) is 0 Å². The fraction of sp³-hybridized carbons (Fsp3) is 0.471. The van der Waals surface area contributed by atoms with Crippen LogP contribution in [0.15, 0.2) is 36.7 Å². The molecule has 1 saturated heterocycles. The Morgan fingerprint density at radius 3 is 2.70 bits per heavy atom. The molecule has 1 aliphatic rings. The molecule has 3 heteroatoms. The number of benzene rings is 1. The molecule has 1 N–H and O–H groups in total. The topological polar surface area (TPSA) is 29.9 Å². The van der Waals surface area contributed by atoms with Crippen LogP contribution in [0.4, 0.5) is 0 Å². The van der Waals surface area contributed by atoms with Gasteiger partial charge in [-0.1, -0.05) is 24.3 Å². The number of piperidine rings is 1. The van der Waals surface area contributed by atoms with Crippen molar-refractivity contribution in [3.63, 3.8) is 0 Å². The van der Waals surface area contributed by atoms with E-state index in [1.807, 2.05) is 19.4 Å². The van der Waals surface area contributed by atoms with Crippen molar-refractivity contribution in [2.75, 3.05) is 13.1 Å². The van der Waals surface area contributed by atoms with E-state index in [4.69, 9.17) is 0 Å². The molecule has 2 heterocycles. The van der Waals surface area contributed by atoms with E-state index >= 15 is 0 Å². The van der Waals surface area contributed by atoms with Gasteiger partial charge in [-0.3, -0.25) is 0 Å². The molecule has 1 aromatic carbocycles. The largest absolute Gasteiger partial charge is 0.338 e. The molecule has 1 unspecified atom stereocenters. The van der Waals surface area contributed by atoms with E-state index in [0.29, 0.717) is 0 Å². The van der Waals surface area contributed by atoms with Gasteiger partial charge >= 0.3 is 0 Å². The van der Waals surface area contributed by atoms with Crippen LogP contribution >= 0.6 is 0 Å². The van der Waals surface area contributed by atoms with Gasteiger partial charge in [-0.15, -0.1) is 0 Å². The van der Waals surface area contributed by atoms with Gasteiger partial charge in [0.05, 0.1) is 0 Å². The number of rotatable bonds is 4. The quantitative estimate of drug-likeness (QED) is 0.924. The first-order valence-electron chi connectivity index (χ1n) is 7.56. The second kappa shape index (κ2) is 6.23. The Morgan fingerprint density at radius 1 is 1.25 bits per heavy atom. The predicted molar refractivity (Wildman–Crippen MR) is 81.8 cm³/mol. The van der Waals surface area contributed by atoms with Crippen molar-refractivity contribution < 1.29 is 0 Å². The molecule has 0 amide bonds. The average Bonchev–Trinajstić information content (AvgIpc) is 2.88. The molecule has 0 bridgehead atoms. The summed E-state index contributed by atoms with van der Waals surface area (Å²) in [4.78, 5) is 4.38. The Hall–Kier alpha value is -1.61. The number of nitrogens with zero attached hydrogens (tertiary/aromatic N) is 2. The molecule has 0 aliphatic carbocycles. The summed E-state index contributed by atoms with van der Waals surface area (Å²) >= 11 is 0. The molecule has 0 radical (unpaired) electrons. The zero-order chi connectivity index (χ0) is 13.8. The first kappa shape index (κ1) is 13.4. The zero-order valence-corrected chi connectivity index (χ0v) is 12.2. The molecule has 1 fully saturated rings. The van der Waals surface area contributed by atoms with Gasteiger partial charge in [0.1, 0.15) is 5.82 Å². The Balaban J connectivity index is 1.61. The highest BCUT2D eigenvalue weighted by atomic mass is 15.0. The lowest BCUT2D eigenvalue weighted by Gasteiger charge is -2.22. The normalized spacial score (nSPS) is 19.1. The van der Waals surface area contributed by atoms with Crippen LogP contribution in [0.5, 0.6) is 0 Å². The molecule has 3 nitrogen and oxygen atoms in total. The predicted octanol–water partition coefficient (Wildman–Crippen LogP) is 2.55. The minimum absolute atomic E-state index is 0.809. The summed E-state index contributed by atoms with van der Waals surface area (Å²) in [5, 5.41) is 3.49. The van der Waals surface area contributed by atoms with Gasteiger partial charge in [0.25, 0.3) is 0 Å². The van der Waals surface area contributed by atoms with Gasteiger partial charge in [0, 0.05) is 25.9 Å². The van der Waals surface area contributed by atoms with Gasteiger partial charge in [-0.05, 0) is 49.4 Å². The van der Waals surface area contributed by atoms with Gasteiger partial charge in [-0.25, -0.2) is 4.98 Å². The maximum absolute atomic E-state index is 4.38. The van der Waals surface area contributed by atoms with Crippen molar-refractivity contribution in [2.24, 2.45) is 13.0 Å². The standard InChI is InChI=1S/C17H23N3/c1-20-10-9-19-17(20)12-15-6-4-14(5-7-15)11-16-3-2-8-18-13-16/h4-7,9-10,16,18H,2-3,8,11-13H2,1H3. The maximum Gasteiger partial charge on any atom is 0.112 e. The molecule has 2 aromatic rings. The van der Waals surface area contributed by atoms with E-state index in [-0.39, 0.29) is 0 Å². The summed E-state index contributed by atoms with van der Waals surface area (Å²) in [7, 11) is 2.05. The van der Waals surface area contributed by atoms with Gasteiger partial charge in [0.2, 0.25) is 0 Å². The lowest BCUT2D eigenvalue weighted by molar-refractivity contribution is 0.376. The van der Waals surface area contributed by atoms with Gasteiger partial charge < -0.3 is 9.88 Å². The van der Waals surface area contributed by atoms with Crippen molar-refractivity contribution in [3.8, 4) is 0 Å². The molecule has 3 rings (SSSR count). The van der Waals surface area contributed by atoms with Crippen molar-refractivity contribution in [1.29, 1.82) is 0 Å². The van der Waals surface area contributed by atoms with Crippen LogP contribution in [0.25, 0.3) is 0 Å². The van der Waals surface area contributed by atoms with Crippen LogP contribution in [0.3, 0.4) is 0 Å². The summed E-state index contributed by atoms with van der Waals surface area (Å²) in [6.07, 6.45) is 8.66. The Morgan fingerprint density at radius 2 is 2.05 bits per heavy atom. The maximum atomic E-state index is 4.38. The Labute approximate surface area is 121 Å². The number of aryl methyl sites for hydroxylation is 1. The molecular weight excluding hydrogens is 246 g/mol. The number of imidazole rings is 1. The molecule has 20 heavy (non-hydrogen) atoms. The average molecular weight is 269 g/mol. The van der Waals surface area contributed by atoms with Crippen LogP contribution in [-0.2, 0) is 19.9 Å². The summed E-state index contributed by atoms with van der Waals surface area (Å²) in [5.41, 5.74) is 2.80. The Bertz CT molecular complexity index is 536. The van der Waals surface area contributed by atoms with E-state index in [1.54, 1.807) is 0 Å². The highest BCUT2D eigenvalue weighted by Crippen LogP contribution is 2.17. The van der Waals surface area contributed by atoms with E-state index in [9.17, 15) is 0 Å². The SMILES string of the molecule is Cn1ccnc1Cc1ccc(CC2CCCNC2)cc1. The van der Waals surface area contributed by atoms with Crippen LogP contribution in [0.1, 0.15) is 29.8 Å². The fourth-order valence-electron chi connectivity index (χ4n) is 2.97. The number of hydrogen-bond donors (Lipinski definition) is 1. The van der Waals surface area contributed by atoms with Crippen LogP contribution in [0, 0.1) is 5.92 Å². The minimum Gasteiger partial charge on any atom is -0.338 e. The summed E-state index contributed by atoms with van der Waals surface area (Å²) in [5.74, 6) is 1.93. The van der Waals surface area contributed by atoms with Crippen molar-refractivity contribution >= 4 is 0 Å². The minimum atomic E-state index is 0.809.